The van der Waals surface area contributed by atoms with E-state index in [-0.39, 0.29) is 10.8 Å². The van der Waals surface area contributed by atoms with Gasteiger partial charge in [-0.1, -0.05) is 50.1 Å². The molecule has 0 atom stereocenters. The molecule has 2 aromatic carbocycles. The first kappa shape index (κ1) is 20.1. The Morgan fingerprint density at radius 3 is 2.31 bits per heavy atom. The third-order valence-corrected chi connectivity index (χ3v) is 5.48. The van der Waals surface area contributed by atoms with E-state index in [0.29, 0.717) is 25.1 Å². The molecule has 2 aromatic rings. The number of rotatable bonds is 10. The molecular formula is C20H26N2O3S. The van der Waals surface area contributed by atoms with Gasteiger partial charge in [-0.25, -0.2) is 13.1 Å². The van der Waals surface area contributed by atoms with Gasteiger partial charge in [0.1, 0.15) is 0 Å². The molecule has 2 rings (SSSR count). The van der Waals surface area contributed by atoms with Gasteiger partial charge in [0.15, 0.2) is 0 Å². The number of amides is 1. The molecule has 5 nitrogen and oxygen atoms in total. The Morgan fingerprint density at radius 1 is 0.962 bits per heavy atom. The highest BCUT2D eigenvalue weighted by molar-refractivity contribution is 7.89. The largest absolute Gasteiger partial charge is 0.326 e. The molecule has 2 N–H and O–H groups in total. The van der Waals surface area contributed by atoms with Crippen molar-refractivity contribution in [2.45, 2.75) is 43.9 Å². The Bertz CT molecular complexity index is 788. The third kappa shape index (κ3) is 6.61. The second-order valence-corrected chi connectivity index (χ2v) is 7.93. The molecule has 6 heteroatoms. The fraction of sp³-hybridized carbons (Fsp3) is 0.350. The van der Waals surface area contributed by atoms with Gasteiger partial charge in [0, 0.05) is 18.7 Å². The maximum Gasteiger partial charge on any atom is 0.240 e. The monoisotopic (exact) mass is 374 g/mol. The van der Waals surface area contributed by atoms with E-state index in [2.05, 4.69) is 17.0 Å². The normalized spacial score (nSPS) is 11.3. The lowest BCUT2D eigenvalue weighted by atomic mass is 10.2. The van der Waals surface area contributed by atoms with Crippen molar-refractivity contribution in [3.8, 4) is 0 Å². The van der Waals surface area contributed by atoms with E-state index in [1.165, 1.54) is 12.1 Å². The summed E-state index contributed by atoms with van der Waals surface area (Å²) >= 11 is 0. The summed E-state index contributed by atoms with van der Waals surface area (Å²) in [5.74, 6) is -0.0463. The number of hydrogen-bond donors (Lipinski definition) is 2. The smallest absolute Gasteiger partial charge is 0.240 e. The molecule has 0 saturated heterocycles. The minimum atomic E-state index is -3.56. The highest BCUT2D eigenvalue weighted by Gasteiger charge is 2.13. The van der Waals surface area contributed by atoms with Crippen LogP contribution in [0.1, 0.15) is 38.2 Å². The van der Waals surface area contributed by atoms with Crippen LogP contribution in [0.5, 0.6) is 0 Å². The maximum atomic E-state index is 12.3. The van der Waals surface area contributed by atoms with Crippen molar-refractivity contribution in [2.75, 3.05) is 11.9 Å². The van der Waals surface area contributed by atoms with Gasteiger partial charge in [-0.05, 0) is 42.7 Å². The molecule has 1 amide bonds. The van der Waals surface area contributed by atoms with Crippen LogP contribution in [0, 0.1) is 0 Å². The Balaban J connectivity index is 1.86. The molecule has 0 fully saturated rings. The first-order chi connectivity index (χ1) is 12.5. The van der Waals surface area contributed by atoms with E-state index >= 15 is 0 Å². The van der Waals surface area contributed by atoms with Crippen LogP contribution in [0.25, 0.3) is 0 Å². The lowest BCUT2D eigenvalue weighted by Crippen LogP contribution is -2.26. The summed E-state index contributed by atoms with van der Waals surface area (Å²) in [6.07, 6.45) is 4.07. The highest BCUT2D eigenvalue weighted by atomic mass is 32.2. The molecule has 0 spiro atoms. The fourth-order valence-corrected chi connectivity index (χ4v) is 3.57. The van der Waals surface area contributed by atoms with Crippen LogP contribution >= 0.6 is 0 Å². The predicted molar refractivity (Wildman–Crippen MR) is 105 cm³/mol. The number of nitrogens with one attached hydrogen (secondary N) is 2. The van der Waals surface area contributed by atoms with Crippen LogP contribution in [-0.4, -0.2) is 20.9 Å². The van der Waals surface area contributed by atoms with Crippen LogP contribution in [0.15, 0.2) is 59.5 Å². The minimum absolute atomic E-state index is 0.0463. The summed E-state index contributed by atoms with van der Waals surface area (Å²) in [4.78, 5) is 12.0. The molecule has 0 aliphatic carbocycles. The van der Waals surface area contributed by atoms with Gasteiger partial charge < -0.3 is 5.32 Å². The van der Waals surface area contributed by atoms with E-state index in [1.54, 1.807) is 12.1 Å². The van der Waals surface area contributed by atoms with Crippen LogP contribution in [0.2, 0.25) is 0 Å². The highest BCUT2D eigenvalue weighted by Crippen LogP contribution is 2.15. The van der Waals surface area contributed by atoms with Crippen molar-refractivity contribution >= 4 is 21.6 Å². The summed E-state index contributed by atoms with van der Waals surface area (Å²) in [6.45, 7) is 2.42. The van der Waals surface area contributed by atoms with Crippen LogP contribution in [0.3, 0.4) is 0 Å². The van der Waals surface area contributed by atoms with Crippen molar-refractivity contribution in [1.82, 2.24) is 4.72 Å². The van der Waals surface area contributed by atoms with Crippen LogP contribution in [-0.2, 0) is 21.2 Å². The predicted octanol–water partition coefficient (Wildman–Crippen LogP) is 3.73. The standard InChI is InChI=1S/C20H26N2O3S/c1-2-3-5-10-20(23)22-18-11-13-19(14-12-18)26(24,25)21-16-15-17-8-6-4-7-9-17/h4,6-9,11-14,21H,2-3,5,10,15-16H2,1H3,(H,22,23). The van der Waals surface area contributed by atoms with Crippen LogP contribution in [0.4, 0.5) is 5.69 Å². The number of anilines is 1. The summed E-state index contributed by atoms with van der Waals surface area (Å²) in [5.41, 5.74) is 1.69. The van der Waals surface area contributed by atoms with E-state index in [0.717, 1.165) is 24.8 Å². The average molecular weight is 375 g/mol. The minimum Gasteiger partial charge on any atom is -0.326 e. The van der Waals surface area contributed by atoms with Gasteiger partial charge in [0.05, 0.1) is 4.90 Å². The lowest BCUT2D eigenvalue weighted by molar-refractivity contribution is -0.116. The van der Waals surface area contributed by atoms with Gasteiger partial charge in [0.2, 0.25) is 15.9 Å². The first-order valence-electron chi connectivity index (χ1n) is 8.95. The SMILES string of the molecule is CCCCCC(=O)Nc1ccc(S(=O)(=O)NCCc2ccccc2)cc1. The summed E-state index contributed by atoms with van der Waals surface area (Å²) in [5, 5.41) is 2.79. The topological polar surface area (TPSA) is 75.3 Å². The van der Waals surface area contributed by atoms with Gasteiger partial charge in [0.25, 0.3) is 0 Å². The molecular weight excluding hydrogens is 348 g/mol. The number of unbranched alkanes of at least 4 members (excludes halogenated alkanes) is 2. The number of hydrogen-bond acceptors (Lipinski definition) is 3. The van der Waals surface area contributed by atoms with Gasteiger partial charge in [-0.2, -0.15) is 0 Å². The van der Waals surface area contributed by atoms with Crippen molar-refractivity contribution in [3.05, 3.63) is 60.2 Å². The molecule has 0 radical (unpaired) electrons. The first-order valence-corrected chi connectivity index (χ1v) is 10.4. The third-order valence-electron chi connectivity index (χ3n) is 4.00. The lowest BCUT2D eigenvalue weighted by Gasteiger charge is -2.09. The average Bonchev–Trinajstić information content (AvgIpc) is 2.63. The molecule has 0 aliphatic heterocycles. The van der Waals surface area contributed by atoms with Crippen molar-refractivity contribution in [2.24, 2.45) is 0 Å². The van der Waals surface area contributed by atoms with Crippen molar-refractivity contribution in [1.29, 1.82) is 0 Å². The zero-order valence-electron chi connectivity index (χ0n) is 15.1. The quantitative estimate of drug-likeness (QED) is 0.622. The molecule has 0 aromatic heterocycles. The molecule has 0 bridgehead atoms. The number of carbonyl (C=O) groups excluding carboxylic acids is 1. The number of sulfonamides is 1. The number of carbonyl (C=O) groups is 1. The molecule has 140 valence electrons. The zero-order valence-corrected chi connectivity index (χ0v) is 15.9. The molecule has 0 heterocycles. The van der Waals surface area contributed by atoms with Gasteiger partial charge >= 0.3 is 0 Å². The summed E-state index contributed by atoms with van der Waals surface area (Å²) < 4.78 is 27.3. The molecule has 0 unspecified atom stereocenters. The summed E-state index contributed by atoms with van der Waals surface area (Å²) in [6, 6.07) is 16.0. The Hall–Kier alpha value is -2.18. The Labute approximate surface area is 155 Å². The second kappa shape index (κ2) is 10.1. The summed E-state index contributed by atoms with van der Waals surface area (Å²) in [7, 11) is -3.56. The van der Waals surface area contributed by atoms with Crippen molar-refractivity contribution < 1.29 is 13.2 Å². The molecule has 0 saturated carbocycles. The molecule has 26 heavy (non-hydrogen) atoms. The molecule has 0 aliphatic rings. The Morgan fingerprint density at radius 2 is 1.65 bits per heavy atom. The van der Waals surface area contributed by atoms with Crippen molar-refractivity contribution in [3.63, 3.8) is 0 Å². The van der Waals surface area contributed by atoms with E-state index in [1.807, 2.05) is 30.3 Å². The van der Waals surface area contributed by atoms with E-state index in [4.69, 9.17) is 0 Å². The van der Waals surface area contributed by atoms with Crippen LogP contribution < -0.4 is 10.0 Å². The number of benzene rings is 2. The Kier molecular flexibility index (Phi) is 7.81. The zero-order chi connectivity index (χ0) is 18.8. The van der Waals surface area contributed by atoms with E-state index < -0.39 is 10.0 Å². The maximum absolute atomic E-state index is 12.3. The van der Waals surface area contributed by atoms with Gasteiger partial charge in [-0.15, -0.1) is 0 Å². The second-order valence-electron chi connectivity index (χ2n) is 6.16. The van der Waals surface area contributed by atoms with E-state index in [9.17, 15) is 13.2 Å². The fourth-order valence-electron chi connectivity index (χ4n) is 2.53. The van der Waals surface area contributed by atoms with Gasteiger partial charge in [-0.3, -0.25) is 4.79 Å².